The molecule has 0 heterocycles. The predicted octanol–water partition coefficient (Wildman–Crippen LogP) is 4.16. The normalized spacial score (nSPS) is 15.2. The van der Waals surface area contributed by atoms with E-state index in [1.165, 1.54) is 37.8 Å². The minimum absolute atomic E-state index is 0.0685. The first-order valence-electron chi connectivity index (χ1n) is 6.80. The van der Waals surface area contributed by atoms with Crippen LogP contribution in [0.15, 0.2) is 18.2 Å². The van der Waals surface area contributed by atoms with Gasteiger partial charge in [0.25, 0.3) is 5.69 Å². The molecule has 1 amide bonds. The quantitative estimate of drug-likeness (QED) is 0.655. The molecular formula is C14H17ClN2O3. The standard InChI is InChI=1S/C14H17ClN2O3/c15-12-7-6-11(9-13(12)17(19)20)16-14(18)8-5-10-3-1-2-4-10/h6-7,9-10H,1-5,8H2,(H,16,18). The van der Waals surface area contributed by atoms with Crippen molar-refractivity contribution in [1.82, 2.24) is 0 Å². The first-order chi connectivity index (χ1) is 9.56. The molecule has 2 rings (SSSR count). The van der Waals surface area contributed by atoms with Gasteiger partial charge >= 0.3 is 0 Å². The summed E-state index contributed by atoms with van der Waals surface area (Å²) in [7, 11) is 0. The average Bonchev–Trinajstić information content (AvgIpc) is 2.91. The van der Waals surface area contributed by atoms with Crippen LogP contribution in [0, 0.1) is 16.0 Å². The highest BCUT2D eigenvalue weighted by Crippen LogP contribution is 2.29. The van der Waals surface area contributed by atoms with Crippen LogP contribution in [-0.4, -0.2) is 10.8 Å². The summed E-state index contributed by atoms with van der Waals surface area (Å²) >= 11 is 5.72. The minimum atomic E-state index is -0.559. The predicted molar refractivity (Wildman–Crippen MR) is 77.9 cm³/mol. The Morgan fingerprint density at radius 1 is 1.40 bits per heavy atom. The van der Waals surface area contributed by atoms with E-state index in [4.69, 9.17) is 11.6 Å². The lowest BCUT2D eigenvalue weighted by Gasteiger charge is -2.09. The van der Waals surface area contributed by atoms with E-state index in [0.717, 1.165) is 6.42 Å². The number of carbonyl (C=O) groups excluding carboxylic acids is 1. The number of halogens is 1. The van der Waals surface area contributed by atoms with Gasteiger partial charge in [-0.25, -0.2) is 0 Å². The zero-order chi connectivity index (χ0) is 14.5. The maximum absolute atomic E-state index is 11.8. The van der Waals surface area contributed by atoms with E-state index in [-0.39, 0.29) is 16.6 Å². The van der Waals surface area contributed by atoms with Gasteiger partial charge < -0.3 is 5.32 Å². The third kappa shape index (κ3) is 3.93. The van der Waals surface area contributed by atoms with Crippen LogP contribution in [0.1, 0.15) is 38.5 Å². The number of carbonyl (C=O) groups is 1. The molecule has 0 spiro atoms. The molecular weight excluding hydrogens is 280 g/mol. The van der Waals surface area contributed by atoms with Gasteiger partial charge in [0.2, 0.25) is 5.91 Å². The molecule has 1 aliphatic rings. The molecule has 20 heavy (non-hydrogen) atoms. The van der Waals surface area contributed by atoms with Gasteiger partial charge in [0.15, 0.2) is 0 Å². The molecule has 1 aromatic rings. The third-order valence-electron chi connectivity index (χ3n) is 3.68. The van der Waals surface area contributed by atoms with Crippen molar-refractivity contribution in [2.24, 2.45) is 5.92 Å². The summed E-state index contributed by atoms with van der Waals surface area (Å²) in [5, 5.41) is 13.5. The van der Waals surface area contributed by atoms with Crippen molar-refractivity contribution in [2.45, 2.75) is 38.5 Å². The molecule has 1 N–H and O–H groups in total. The van der Waals surface area contributed by atoms with Gasteiger partial charge in [0, 0.05) is 18.2 Å². The van der Waals surface area contributed by atoms with E-state index in [1.54, 1.807) is 6.07 Å². The van der Waals surface area contributed by atoms with Gasteiger partial charge in [-0.2, -0.15) is 0 Å². The molecule has 1 fully saturated rings. The van der Waals surface area contributed by atoms with Crippen molar-refractivity contribution in [2.75, 3.05) is 5.32 Å². The van der Waals surface area contributed by atoms with Crippen LogP contribution < -0.4 is 5.32 Å². The Labute approximate surface area is 122 Å². The van der Waals surface area contributed by atoms with Gasteiger partial charge in [-0.05, 0) is 24.5 Å². The van der Waals surface area contributed by atoms with Crippen LogP contribution in [0.4, 0.5) is 11.4 Å². The van der Waals surface area contributed by atoms with Crippen molar-refractivity contribution in [3.63, 3.8) is 0 Å². The zero-order valence-electron chi connectivity index (χ0n) is 11.1. The molecule has 0 atom stereocenters. The van der Waals surface area contributed by atoms with Crippen LogP contribution in [0.25, 0.3) is 0 Å². The summed E-state index contributed by atoms with van der Waals surface area (Å²) in [5.41, 5.74) is 0.220. The molecule has 0 aromatic heterocycles. The van der Waals surface area contributed by atoms with Crippen LogP contribution in [-0.2, 0) is 4.79 Å². The van der Waals surface area contributed by atoms with Gasteiger partial charge in [-0.15, -0.1) is 0 Å². The van der Waals surface area contributed by atoms with E-state index >= 15 is 0 Å². The van der Waals surface area contributed by atoms with Crippen LogP contribution in [0.5, 0.6) is 0 Å². The van der Waals surface area contributed by atoms with Crippen LogP contribution in [0.3, 0.4) is 0 Å². The van der Waals surface area contributed by atoms with Gasteiger partial charge in [0.05, 0.1) is 4.92 Å². The summed E-state index contributed by atoms with van der Waals surface area (Å²) < 4.78 is 0. The number of nitro groups is 1. The van der Waals surface area contributed by atoms with Crippen molar-refractivity contribution in [3.05, 3.63) is 33.3 Å². The Morgan fingerprint density at radius 3 is 2.75 bits per heavy atom. The van der Waals surface area contributed by atoms with E-state index in [2.05, 4.69) is 5.32 Å². The summed E-state index contributed by atoms with van der Waals surface area (Å²) in [5.74, 6) is 0.550. The second-order valence-corrected chi connectivity index (χ2v) is 5.57. The fraction of sp³-hybridized carbons (Fsp3) is 0.500. The number of anilines is 1. The maximum Gasteiger partial charge on any atom is 0.289 e. The lowest BCUT2D eigenvalue weighted by molar-refractivity contribution is -0.384. The number of hydrogen-bond donors (Lipinski definition) is 1. The molecule has 0 unspecified atom stereocenters. The molecule has 0 saturated heterocycles. The lowest BCUT2D eigenvalue weighted by atomic mass is 10.0. The SMILES string of the molecule is O=C(CCC1CCCC1)Nc1ccc(Cl)c([N+](=O)[O-])c1. The monoisotopic (exact) mass is 296 g/mol. The fourth-order valence-electron chi connectivity index (χ4n) is 2.59. The lowest BCUT2D eigenvalue weighted by Crippen LogP contribution is -2.12. The number of nitrogens with one attached hydrogen (secondary N) is 1. The molecule has 0 radical (unpaired) electrons. The number of benzene rings is 1. The Kier molecular flexibility index (Phi) is 4.95. The van der Waals surface area contributed by atoms with Crippen molar-refractivity contribution in [3.8, 4) is 0 Å². The molecule has 1 aliphatic carbocycles. The second-order valence-electron chi connectivity index (χ2n) is 5.16. The summed E-state index contributed by atoms with van der Waals surface area (Å²) in [6.07, 6.45) is 6.29. The summed E-state index contributed by atoms with van der Waals surface area (Å²) in [6.45, 7) is 0. The van der Waals surface area contributed by atoms with Crippen molar-refractivity contribution < 1.29 is 9.72 Å². The number of amides is 1. The number of nitro benzene ring substituents is 1. The summed E-state index contributed by atoms with van der Waals surface area (Å²) in [6, 6.07) is 4.28. The van der Waals surface area contributed by atoms with E-state index in [1.807, 2.05) is 0 Å². The maximum atomic E-state index is 11.8. The van der Waals surface area contributed by atoms with Crippen molar-refractivity contribution in [1.29, 1.82) is 0 Å². The highest BCUT2D eigenvalue weighted by atomic mass is 35.5. The minimum Gasteiger partial charge on any atom is -0.326 e. The highest BCUT2D eigenvalue weighted by molar-refractivity contribution is 6.32. The molecule has 5 nitrogen and oxygen atoms in total. The van der Waals surface area contributed by atoms with E-state index in [9.17, 15) is 14.9 Å². The smallest absolute Gasteiger partial charge is 0.289 e. The van der Waals surface area contributed by atoms with Gasteiger partial charge in [-0.1, -0.05) is 37.3 Å². The third-order valence-corrected chi connectivity index (χ3v) is 4.00. The first kappa shape index (κ1) is 14.8. The molecule has 108 valence electrons. The summed E-state index contributed by atoms with van der Waals surface area (Å²) in [4.78, 5) is 22.0. The fourth-order valence-corrected chi connectivity index (χ4v) is 2.77. The van der Waals surface area contributed by atoms with Crippen LogP contribution >= 0.6 is 11.6 Å². The van der Waals surface area contributed by atoms with Gasteiger partial charge in [-0.3, -0.25) is 14.9 Å². The average molecular weight is 297 g/mol. The largest absolute Gasteiger partial charge is 0.326 e. The second kappa shape index (κ2) is 6.70. The van der Waals surface area contributed by atoms with Gasteiger partial charge in [0.1, 0.15) is 5.02 Å². The van der Waals surface area contributed by atoms with Crippen LogP contribution in [0.2, 0.25) is 5.02 Å². The molecule has 0 aliphatic heterocycles. The highest BCUT2D eigenvalue weighted by Gasteiger charge is 2.17. The Balaban J connectivity index is 1.90. The number of nitrogens with zero attached hydrogens (tertiary/aromatic N) is 1. The first-order valence-corrected chi connectivity index (χ1v) is 7.18. The number of rotatable bonds is 5. The van der Waals surface area contributed by atoms with Crippen molar-refractivity contribution >= 4 is 28.9 Å². The van der Waals surface area contributed by atoms with E-state index < -0.39 is 4.92 Å². The Morgan fingerprint density at radius 2 is 2.10 bits per heavy atom. The Bertz CT molecular complexity index is 513. The number of hydrogen-bond acceptors (Lipinski definition) is 3. The zero-order valence-corrected chi connectivity index (χ0v) is 11.9. The molecule has 1 saturated carbocycles. The van der Waals surface area contributed by atoms with E-state index in [0.29, 0.717) is 18.0 Å². The Hall–Kier alpha value is -1.62. The topological polar surface area (TPSA) is 72.2 Å². The molecule has 6 heteroatoms. The molecule has 0 bridgehead atoms. The molecule has 1 aromatic carbocycles.